The van der Waals surface area contributed by atoms with E-state index in [0.29, 0.717) is 0 Å². The van der Waals surface area contributed by atoms with E-state index >= 15 is 0 Å². The Hall–Kier alpha value is -1.58. The van der Waals surface area contributed by atoms with E-state index in [4.69, 9.17) is 4.74 Å². The molecule has 88 valence electrons. The summed E-state index contributed by atoms with van der Waals surface area (Å²) in [6.45, 7) is 2.93. The van der Waals surface area contributed by atoms with Crippen LogP contribution in [0.2, 0.25) is 0 Å². The lowest BCUT2D eigenvalue weighted by Gasteiger charge is -2.11. The number of rotatable bonds is 6. The van der Waals surface area contributed by atoms with Gasteiger partial charge in [-0.1, -0.05) is 18.6 Å². The van der Waals surface area contributed by atoms with E-state index in [1.807, 2.05) is 31.3 Å². The van der Waals surface area contributed by atoms with Crippen molar-refractivity contribution in [3.05, 3.63) is 24.3 Å². The summed E-state index contributed by atoms with van der Waals surface area (Å²) in [4.78, 5) is 0. The maximum absolute atomic E-state index is 5.57. The molecule has 16 heavy (non-hydrogen) atoms. The number of unbranched alkanes of at least 4 members (excludes halogenated alkanes) is 1. The number of hydrogen-bond donors (Lipinski definition) is 0. The van der Waals surface area contributed by atoms with Gasteiger partial charge in [0.05, 0.1) is 19.3 Å². The number of benzene rings is 1. The normalized spacial score (nSPS) is 10.7. The van der Waals surface area contributed by atoms with Crippen molar-refractivity contribution in [2.75, 3.05) is 25.7 Å². The van der Waals surface area contributed by atoms with Gasteiger partial charge in [0.1, 0.15) is 5.75 Å². The largest absolute Gasteiger partial charge is 0.494 e. The molecule has 1 rings (SSSR count). The molecule has 1 aromatic carbocycles. The summed E-state index contributed by atoms with van der Waals surface area (Å²) in [7, 11) is 3.51. The molecule has 0 spiro atoms. The van der Waals surface area contributed by atoms with Gasteiger partial charge < -0.3 is 4.74 Å². The minimum Gasteiger partial charge on any atom is -0.494 e. The molecule has 0 aliphatic heterocycles. The Morgan fingerprint density at radius 2 is 1.94 bits per heavy atom. The van der Waals surface area contributed by atoms with E-state index in [-0.39, 0.29) is 0 Å². The van der Waals surface area contributed by atoms with Gasteiger partial charge in [-0.05, 0) is 30.7 Å². The van der Waals surface area contributed by atoms with Gasteiger partial charge in [-0.15, -0.1) is 0 Å². The number of anilines is 1. The fourth-order valence-electron chi connectivity index (χ4n) is 1.28. The molecular weight excluding hydrogens is 202 g/mol. The van der Waals surface area contributed by atoms with Crippen LogP contribution in [0.1, 0.15) is 19.8 Å². The van der Waals surface area contributed by atoms with Crippen LogP contribution in [0.3, 0.4) is 0 Å². The van der Waals surface area contributed by atoms with Crippen LogP contribution in [0.15, 0.2) is 34.6 Å². The lowest BCUT2D eigenvalue weighted by atomic mass is 10.3. The second-order valence-corrected chi connectivity index (χ2v) is 3.51. The predicted molar refractivity (Wildman–Crippen MR) is 66.0 cm³/mol. The molecule has 0 fully saturated rings. The fourth-order valence-corrected chi connectivity index (χ4v) is 1.28. The lowest BCUT2D eigenvalue weighted by molar-refractivity contribution is 0.309. The second-order valence-electron chi connectivity index (χ2n) is 3.51. The Kier molecular flexibility index (Phi) is 5.32. The highest BCUT2D eigenvalue weighted by molar-refractivity contribution is 5.47. The van der Waals surface area contributed by atoms with E-state index in [0.717, 1.165) is 30.9 Å². The SMILES string of the molecule is CCCCOc1ccc(N(C)N=NC)cc1. The minimum atomic E-state index is 0.778. The number of ether oxygens (including phenoxy) is 1. The van der Waals surface area contributed by atoms with Crippen molar-refractivity contribution in [1.29, 1.82) is 0 Å². The Bertz CT molecular complexity index is 322. The molecule has 0 heterocycles. The van der Waals surface area contributed by atoms with Crippen LogP contribution in [0.4, 0.5) is 5.69 Å². The molecule has 0 unspecified atom stereocenters. The third kappa shape index (κ3) is 3.88. The monoisotopic (exact) mass is 221 g/mol. The van der Waals surface area contributed by atoms with E-state index < -0.39 is 0 Å². The van der Waals surface area contributed by atoms with Crippen molar-refractivity contribution < 1.29 is 4.74 Å². The van der Waals surface area contributed by atoms with Gasteiger partial charge in [0, 0.05) is 7.05 Å². The molecule has 0 radical (unpaired) electrons. The molecule has 0 aromatic heterocycles. The van der Waals surface area contributed by atoms with Crippen LogP contribution in [0.25, 0.3) is 0 Å². The lowest BCUT2D eigenvalue weighted by Crippen LogP contribution is -2.06. The molecule has 1 aromatic rings. The maximum atomic E-state index is 5.57. The van der Waals surface area contributed by atoms with Gasteiger partial charge in [-0.25, -0.2) is 0 Å². The molecule has 0 bridgehead atoms. The highest BCUT2D eigenvalue weighted by Gasteiger charge is 1.99. The van der Waals surface area contributed by atoms with Crippen LogP contribution in [0, 0.1) is 0 Å². The minimum absolute atomic E-state index is 0.778. The van der Waals surface area contributed by atoms with Gasteiger partial charge >= 0.3 is 0 Å². The Balaban J connectivity index is 2.53. The third-order valence-corrected chi connectivity index (χ3v) is 2.20. The fraction of sp³-hybridized carbons (Fsp3) is 0.500. The van der Waals surface area contributed by atoms with Crippen molar-refractivity contribution in [1.82, 2.24) is 0 Å². The first-order chi connectivity index (χ1) is 7.77. The van der Waals surface area contributed by atoms with Crippen molar-refractivity contribution in [3.8, 4) is 5.75 Å². The van der Waals surface area contributed by atoms with Crippen molar-refractivity contribution in [2.24, 2.45) is 10.3 Å². The highest BCUT2D eigenvalue weighted by Crippen LogP contribution is 2.18. The quantitative estimate of drug-likeness (QED) is 0.420. The first-order valence-corrected chi connectivity index (χ1v) is 5.54. The Morgan fingerprint density at radius 1 is 1.25 bits per heavy atom. The van der Waals surface area contributed by atoms with Gasteiger partial charge in [0.15, 0.2) is 0 Å². The van der Waals surface area contributed by atoms with Crippen LogP contribution in [-0.4, -0.2) is 20.7 Å². The Morgan fingerprint density at radius 3 is 2.50 bits per heavy atom. The van der Waals surface area contributed by atoms with Crippen molar-refractivity contribution >= 4 is 5.69 Å². The summed E-state index contributed by atoms with van der Waals surface area (Å²) < 4.78 is 5.57. The van der Waals surface area contributed by atoms with Crippen molar-refractivity contribution in [2.45, 2.75) is 19.8 Å². The van der Waals surface area contributed by atoms with Crippen molar-refractivity contribution in [3.63, 3.8) is 0 Å². The first kappa shape index (κ1) is 12.5. The summed E-state index contributed by atoms with van der Waals surface area (Å²) in [6, 6.07) is 7.84. The molecule has 0 saturated heterocycles. The average Bonchev–Trinajstić information content (AvgIpc) is 2.30. The second kappa shape index (κ2) is 6.82. The van der Waals surface area contributed by atoms with E-state index in [1.165, 1.54) is 0 Å². The predicted octanol–water partition coefficient (Wildman–Crippen LogP) is 3.30. The van der Waals surface area contributed by atoms with Gasteiger partial charge in [0.2, 0.25) is 0 Å². The molecule has 4 heteroatoms. The molecule has 0 aliphatic carbocycles. The summed E-state index contributed by atoms with van der Waals surface area (Å²) in [5, 5.41) is 9.35. The molecule has 0 saturated carbocycles. The van der Waals surface area contributed by atoms with Gasteiger partial charge in [-0.3, -0.25) is 5.01 Å². The smallest absolute Gasteiger partial charge is 0.119 e. The average molecular weight is 221 g/mol. The summed E-state index contributed by atoms with van der Waals surface area (Å²) in [6.07, 6.45) is 2.24. The molecule has 0 N–H and O–H groups in total. The molecule has 0 atom stereocenters. The molecule has 0 amide bonds. The van der Waals surface area contributed by atoms with Gasteiger partial charge in [-0.2, -0.15) is 5.11 Å². The maximum Gasteiger partial charge on any atom is 0.119 e. The van der Waals surface area contributed by atoms with Crippen LogP contribution in [0.5, 0.6) is 5.75 Å². The zero-order valence-corrected chi connectivity index (χ0v) is 10.2. The Labute approximate surface area is 96.9 Å². The zero-order chi connectivity index (χ0) is 11.8. The zero-order valence-electron chi connectivity index (χ0n) is 10.2. The van der Waals surface area contributed by atoms with Crippen LogP contribution in [-0.2, 0) is 0 Å². The van der Waals surface area contributed by atoms with E-state index in [9.17, 15) is 0 Å². The van der Waals surface area contributed by atoms with E-state index in [2.05, 4.69) is 17.3 Å². The summed E-state index contributed by atoms with van der Waals surface area (Å²) in [5.74, 6) is 0.902. The van der Waals surface area contributed by atoms with E-state index in [1.54, 1.807) is 12.1 Å². The molecule has 4 nitrogen and oxygen atoms in total. The molecular formula is C12H19N3O. The summed E-state index contributed by atoms with van der Waals surface area (Å²) in [5.41, 5.74) is 0.994. The number of nitrogens with zero attached hydrogens (tertiary/aromatic N) is 3. The standard InChI is InChI=1S/C12H19N3O/c1-4-5-10-16-12-8-6-11(7-9-12)15(3)14-13-2/h6-9H,4-5,10H2,1-3H3. The highest BCUT2D eigenvalue weighted by atomic mass is 16.5. The van der Waals surface area contributed by atoms with Crippen LogP contribution >= 0.6 is 0 Å². The van der Waals surface area contributed by atoms with Gasteiger partial charge in [0.25, 0.3) is 0 Å². The first-order valence-electron chi connectivity index (χ1n) is 5.54. The topological polar surface area (TPSA) is 37.2 Å². The third-order valence-electron chi connectivity index (χ3n) is 2.20. The van der Waals surface area contributed by atoms with Crippen LogP contribution < -0.4 is 9.75 Å². The summed E-state index contributed by atoms with van der Waals surface area (Å²) >= 11 is 0. The molecule has 0 aliphatic rings. The number of hydrogen-bond acceptors (Lipinski definition) is 3.